The van der Waals surface area contributed by atoms with E-state index in [1.54, 1.807) is 24.3 Å². The maximum Gasteiger partial charge on any atom is 0.321 e. The SMILES string of the molecule is [3H]c1ccc(NC(=O)N2CCN(c3ccccc3)CC2)cc1. The minimum atomic E-state index is -0.0783. The van der Waals surface area contributed by atoms with Crippen molar-refractivity contribution in [2.24, 2.45) is 0 Å². The molecule has 2 amide bonds. The van der Waals surface area contributed by atoms with Gasteiger partial charge in [-0.05, 0) is 24.3 Å². The third kappa shape index (κ3) is 3.34. The number of hydrogen-bond donors (Lipinski definition) is 1. The van der Waals surface area contributed by atoms with Gasteiger partial charge in [-0.2, -0.15) is 0 Å². The molecule has 4 nitrogen and oxygen atoms in total. The Hall–Kier alpha value is -2.49. The first-order chi connectivity index (χ1) is 10.7. The van der Waals surface area contributed by atoms with Crippen molar-refractivity contribution < 1.29 is 6.17 Å². The number of piperazine rings is 1. The second-order valence-electron chi connectivity index (χ2n) is 5.03. The Balaban J connectivity index is 1.54. The Labute approximate surface area is 126 Å². The molecule has 21 heavy (non-hydrogen) atoms. The van der Waals surface area contributed by atoms with Crippen molar-refractivity contribution in [2.45, 2.75) is 0 Å². The van der Waals surface area contributed by atoms with Crippen LogP contribution in [0.25, 0.3) is 0 Å². The lowest BCUT2D eigenvalue weighted by Gasteiger charge is -2.36. The number of nitrogens with one attached hydrogen (secondary N) is 1. The molecule has 0 saturated carbocycles. The van der Waals surface area contributed by atoms with E-state index in [1.165, 1.54) is 5.69 Å². The summed E-state index contributed by atoms with van der Waals surface area (Å²) in [6.07, 6.45) is 0. The molecule has 1 heterocycles. The lowest BCUT2D eigenvalue weighted by atomic mass is 10.2. The van der Waals surface area contributed by atoms with Gasteiger partial charge in [-0.1, -0.05) is 36.4 Å². The monoisotopic (exact) mass is 283 g/mol. The maximum atomic E-state index is 12.2. The van der Waals surface area contributed by atoms with Crippen LogP contribution in [0.2, 0.25) is 0 Å². The van der Waals surface area contributed by atoms with E-state index in [9.17, 15) is 4.79 Å². The second-order valence-corrected chi connectivity index (χ2v) is 5.03. The third-order valence-electron chi connectivity index (χ3n) is 3.66. The first-order valence-electron chi connectivity index (χ1n) is 7.65. The van der Waals surface area contributed by atoms with Gasteiger partial charge in [-0.25, -0.2) is 4.79 Å². The van der Waals surface area contributed by atoms with Crippen LogP contribution in [0.4, 0.5) is 16.2 Å². The summed E-state index contributed by atoms with van der Waals surface area (Å²) >= 11 is 0. The smallest absolute Gasteiger partial charge is 0.321 e. The summed E-state index contributed by atoms with van der Waals surface area (Å²) in [6.45, 7) is 3.08. The fourth-order valence-corrected chi connectivity index (χ4v) is 2.48. The third-order valence-corrected chi connectivity index (χ3v) is 3.66. The van der Waals surface area contributed by atoms with E-state index >= 15 is 0 Å². The Morgan fingerprint density at radius 2 is 1.62 bits per heavy atom. The van der Waals surface area contributed by atoms with Gasteiger partial charge in [0, 0.05) is 37.6 Å². The lowest BCUT2D eigenvalue weighted by Crippen LogP contribution is -2.50. The van der Waals surface area contributed by atoms with Gasteiger partial charge in [-0.15, -0.1) is 0 Å². The van der Waals surface area contributed by atoms with Gasteiger partial charge in [0.05, 0.1) is 1.37 Å². The van der Waals surface area contributed by atoms with Gasteiger partial charge < -0.3 is 15.1 Å². The standard InChI is InChI=1S/C17H19N3O/c21-17(18-15-7-3-1-4-8-15)20-13-11-19(12-14-20)16-9-5-2-6-10-16/h1-10H,11-14H2,(H,18,21)/i1T. The number of carbonyl (C=O) groups excluding carboxylic acids is 1. The molecule has 3 rings (SSSR count). The zero-order valence-corrected chi connectivity index (χ0v) is 11.8. The molecular weight excluding hydrogens is 262 g/mol. The maximum absolute atomic E-state index is 12.2. The van der Waals surface area contributed by atoms with E-state index in [1.807, 2.05) is 23.1 Å². The van der Waals surface area contributed by atoms with E-state index in [-0.39, 0.29) is 6.03 Å². The van der Waals surface area contributed by atoms with Crippen molar-refractivity contribution in [3.63, 3.8) is 0 Å². The number of benzene rings is 2. The fraction of sp³-hybridized carbons (Fsp3) is 0.235. The molecule has 0 aromatic heterocycles. The number of carbonyl (C=O) groups is 1. The van der Waals surface area contributed by atoms with Crippen LogP contribution >= 0.6 is 0 Å². The summed E-state index contributed by atoms with van der Waals surface area (Å²) in [5.74, 6) is 0. The summed E-state index contributed by atoms with van der Waals surface area (Å²) < 4.78 is 7.45. The average molecular weight is 283 g/mol. The van der Waals surface area contributed by atoms with E-state index in [4.69, 9.17) is 1.37 Å². The highest BCUT2D eigenvalue weighted by atomic mass is 16.2. The van der Waals surface area contributed by atoms with E-state index in [0.717, 1.165) is 18.8 Å². The number of para-hydroxylation sites is 2. The van der Waals surface area contributed by atoms with Crippen molar-refractivity contribution in [1.29, 1.82) is 0 Å². The number of rotatable bonds is 2. The van der Waals surface area contributed by atoms with Crippen molar-refractivity contribution in [3.05, 3.63) is 60.6 Å². The molecule has 1 aliphatic rings. The molecule has 0 aliphatic carbocycles. The second kappa shape index (κ2) is 6.31. The number of anilines is 2. The van der Waals surface area contributed by atoms with Crippen LogP contribution in [0.15, 0.2) is 60.6 Å². The largest absolute Gasteiger partial charge is 0.368 e. The molecule has 0 bridgehead atoms. The molecule has 1 fully saturated rings. The normalized spacial score (nSPS) is 15.5. The van der Waals surface area contributed by atoms with Crippen LogP contribution in [-0.2, 0) is 0 Å². The minimum absolute atomic E-state index is 0.0783. The van der Waals surface area contributed by atoms with Crippen LogP contribution < -0.4 is 10.2 Å². The molecule has 0 atom stereocenters. The van der Waals surface area contributed by atoms with E-state index < -0.39 is 0 Å². The molecule has 1 N–H and O–H groups in total. The van der Waals surface area contributed by atoms with Gasteiger partial charge in [0.1, 0.15) is 0 Å². The minimum Gasteiger partial charge on any atom is -0.368 e. The molecule has 1 aliphatic heterocycles. The highest BCUT2D eigenvalue weighted by molar-refractivity contribution is 5.89. The summed E-state index contributed by atoms with van der Waals surface area (Å²) in [4.78, 5) is 16.4. The predicted molar refractivity (Wildman–Crippen MR) is 85.7 cm³/mol. The Morgan fingerprint density at radius 1 is 0.952 bits per heavy atom. The summed E-state index contributed by atoms with van der Waals surface area (Å²) in [5.41, 5.74) is 1.93. The van der Waals surface area contributed by atoms with Crippen molar-refractivity contribution >= 4 is 17.4 Å². The summed E-state index contributed by atoms with van der Waals surface area (Å²) in [5, 5.41) is 2.88. The van der Waals surface area contributed by atoms with Gasteiger partial charge in [0.25, 0.3) is 0 Å². The van der Waals surface area contributed by atoms with Crippen LogP contribution in [0.5, 0.6) is 0 Å². The van der Waals surface area contributed by atoms with Crippen LogP contribution in [0, 0.1) is 0 Å². The van der Waals surface area contributed by atoms with Crippen LogP contribution in [-0.4, -0.2) is 37.1 Å². The molecule has 1 saturated heterocycles. The van der Waals surface area contributed by atoms with Crippen LogP contribution in [0.3, 0.4) is 0 Å². The van der Waals surface area contributed by atoms with Crippen molar-refractivity contribution in [1.82, 2.24) is 4.90 Å². The van der Waals surface area contributed by atoms with Gasteiger partial charge >= 0.3 is 6.03 Å². The lowest BCUT2D eigenvalue weighted by molar-refractivity contribution is 0.208. The molecule has 0 spiro atoms. The average Bonchev–Trinajstić information content (AvgIpc) is 2.58. The molecule has 4 heteroatoms. The highest BCUT2D eigenvalue weighted by Gasteiger charge is 2.21. The van der Waals surface area contributed by atoms with E-state index in [0.29, 0.717) is 19.1 Å². The zero-order chi connectivity index (χ0) is 15.4. The Kier molecular flexibility index (Phi) is 3.68. The Morgan fingerprint density at radius 3 is 2.29 bits per heavy atom. The summed E-state index contributed by atoms with van der Waals surface area (Å²) in [6, 6.07) is 17.5. The number of amides is 2. The Bertz CT molecular complexity index is 622. The molecule has 0 radical (unpaired) electrons. The molecular formula is C17H19N3O. The highest BCUT2D eigenvalue weighted by Crippen LogP contribution is 2.16. The van der Waals surface area contributed by atoms with Gasteiger partial charge in [-0.3, -0.25) is 0 Å². The number of hydrogen-bond acceptors (Lipinski definition) is 2. The number of nitrogens with zero attached hydrogens (tertiary/aromatic N) is 2. The fourth-order valence-electron chi connectivity index (χ4n) is 2.48. The molecule has 0 unspecified atom stereocenters. The molecule has 2 aromatic carbocycles. The van der Waals surface area contributed by atoms with Crippen molar-refractivity contribution in [2.75, 3.05) is 36.4 Å². The molecule has 108 valence electrons. The van der Waals surface area contributed by atoms with Crippen LogP contribution in [0.1, 0.15) is 1.37 Å². The first kappa shape index (κ1) is 12.3. The van der Waals surface area contributed by atoms with Gasteiger partial charge in [0.15, 0.2) is 0 Å². The number of urea groups is 1. The summed E-state index contributed by atoms with van der Waals surface area (Å²) in [7, 11) is 0. The predicted octanol–water partition coefficient (Wildman–Crippen LogP) is 3.04. The zero-order valence-electron chi connectivity index (χ0n) is 12.8. The van der Waals surface area contributed by atoms with Gasteiger partial charge in [0.2, 0.25) is 0 Å². The topological polar surface area (TPSA) is 35.6 Å². The quantitative estimate of drug-likeness (QED) is 0.919. The van der Waals surface area contributed by atoms with E-state index in [2.05, 4.69) is 22.3 Å². The first-order valence-corrected chi connectivity index (χ1v) is 7.15. The van der Waals surface area contributed by atoms with Crippen molar-refractivity contribution in [3.8, 4) is 0 Å². The molecule has 2 aromatic rings.